The lowest BCUT2D eigenvalue weighted by molar-refractivity contribution is -0.123. The molecule has 0 heterocycles. The predicted molar refractivity (Wildman–Crippen MR) is 91.1 cm³/mol. The summed E-state index contributed by atoms with van der Waals surface area (Å²) in [5.74, 6) is -1.05. The van der Waals surface area contributed by atoms with Gasteiger partial charge in [0.2, 0.25) is 0 Å². The lowest BCUT2D eigenvalue weighted by Crippen LogP contribution is -2.30. The van der Waals surface area contributed by atoms with E-state index >= 15 is 0 Å². The molecular formula is C17H15Cl2NO3. The molecule has 120 valence electrons. The van der Waals surface area contributed by atoms with Crippen LogP contribution in [0.25, 0.3) is 0 Å². The quantitative estimate of drug-likeness (QED) is 0.825. The summed E-state index contributed by atoms with van der Waals surface area (Å²) in [7, 11) is 0. The Balaban J connectivity index is 2.01. The Morgan fingerprint density at radius 3 is 2.43 bits per heavy atom. The normalized spacial score (nSPS) is 11.7. The summed E-state index contributed by atoms with van der Waals surface area (Å²) in [5.41, 5.74) is 1.83. The number of rotatable bonds is 4. The van der Waals surface area contributed by atoms with Crippen LogP contribution in [0.3, 0.4) is 0 Å². The number of aryl methyl sites for hydroxylation is 1. The van der Waals surface area contributed by atoms with Gasteiger partial charge in [-0.25, -0.2) is 4.79 Å². The molecule has 0 aliphatic rings. The van der Waals surface area contributed by atoms with Crippen LogP contribution in [0.4, 0.5) is 5.69 Å². The smallest absolute Gasteiger partial charge is 0.338 e. The largest absolute Gasteiger partial charge is 0.449 e. The summed E-state index contributed by atoms with van der Waals surface area (Å²) in [6.07, 6.45) is -0.948. The first-order valence-electron chi connectivity index (χ1n) is 6.91. The number of nitrogens with one attached hydrogen (secondary N) is 1. The molecule has 0 saturated heterocycles. The van der Waals surface area contributed by atoms with Gasteiger partial charge in [0.25, 0.3) is 5.91 Å². The highest BCUT2D eigenvalue weighted by molar-refractivity contribution is 6.42. The Bertz CT molecular complexity index is 746. The molecular weight excluding hydrogens is 337 g/mol. The van der Waals surface area contributed by atoms with E-state index in [4.69, 9.17) is 27.9 Å². The highest BCUT2D eigenvalue weighted by Gasteiger charge is 2.20. The van der Waals surface area contributed by atoms with Crippen molar-refractivity contribution < 1.29 is 14.3 Å². The molecule has 2 aromatic carbocycles. The maximum atomic E-state index is 12.1. The Kier molecular flexibility index (Phi) is 5.64. The molecule has 1 atom stereocenters. The van der Waals surface area contributed by atoms with Crippen LogP contribution in [-0.4, -0.2) is 18.0 Å². The molecule has 1 amide bonds. The molecule has 0 spiro atoms. The molecule has 1 N–H and O–H groups in total. The molecule has 2 rings (SSSR count). The van der Waals surface area contributed by atoms with E-state index in [0.29, 0.717) is 10.7 Å². The first kappa shape index (κ1) is 17.3. The third-order valence-corrected chi connectivity index (χ3v) is 3.95. The minimum Gasteiger partial charge on any atom is -0.449 e. The van der Waals surface area contributed by atoms with E-state index < -0.39 is 18.0 Å². The van der Waals surface area contributed by atoms with Gasteiger partial charge in [0.1, 0.15) is 0 Å². The van der Waals surface area contributed by atoms with E-state index in [1.807, 2.05) is 25.1 Å². The second-order valence-corrected chi connectivity index (χ2v) is 5.79. The number of carbonyl (C=O) groups is 2. The molecule has 0 unspecified atom stereocenters. The summed E-state index contributed by atoms with van der Waals surface area (Å²) < 4.78 is 5.15. The molecule has 2 aromatic rings. The number of hydrogen-bond donors (Lipinski definition) is 1. The summed E-state index contributed by atoms with van der Waals surface area (Å²) in [6, 6.07) is 11.7. The van der Waals surface area contributed by atoms with Gasteiger partial charge < -0.3 is 10.1 Å². The van der Waals surface area contributed by atoms with Crippen LogP contribution in [0.5, 0.6) is 0 Å². The van der Waals surface area contributed by atoms with Gasteiger partial charge in [-0.3, -0.25) is 4.79 Å². The number of carbonyl (C=O) groups excluding carboxylic acids is 2. The van der Waals surface area contributed by atoms with Crippen molar-refractivity contribution >= 4 is 40.8 Å². The number of anilines is 1. The SMILES string of the molecule is Cc1ccccc1NC(=O)[C@H](C)OC(=O)c1ccc(Cl)c(Cl)c1. The van der Waals surface area contributed by atoms with Crippen LogP contribution in [0.1, 0.15) is 22.8 Å². The molecule has 0 saturated carbocycles. The van der Waals surface area contributed by atoms with Crippen molar-refractivity contribution in [1.82, 2.24) is 0 Å². The van der Waals surface area contributed by atoms with E-state index in [0.717, 1.165) is 5.56 Å². The zero-order valence-corrected chi connectivity index (χ0v) is 14.1. The van der Waals surface area contributed by atoms with E-state index in [2.05, 4.69) is 5.32 Å². The Morgan fingerprint density at radius 1 is 1.09 bits per heavy atom. The maximum Gasteiger partial charge on any atom is 0.338 e. The standard InChI is InChI=1S/C17H15Cl2NO3/c1-10-5-3-4-6-15(10)20-16(21)11(2)23-17(22)12-7-8-13(18)14(19)9-12/h3-9,11H,1-2H3,(H,20,21)/t11-/m0/s1. The fourth-order valence-electron chi connectivity index (χ4n) is 1.85. The number of para-hydroxylation sites is 1. The Morgan fingerprint density at radius 2 is 1.78 bits per heavy atom. The van der Waals surface area contributed by atoms with Crippen molar-refractivity contribution in [2.45, 2.75) is 20.0 Å². The van der Waals surface area contributed by atoms with Crippen LogP contribution >= 0.6 is 23.2 Å². The van der Waals surface area contributed by atoms with E-state index in [1.165, 1.54) is 25.1 Å². The van der Waals surface area contributed by atoms with E-state index in [1.54, 1.807) is 6.07 Å². The van der Waals surface area contributed by atoms with Crippen LogP contribution in [0, 0.1) is 6.92 Å². The highest BCUT2D eigenvalue weighted by atomic mass is 35.5. The zero-order valence-electron chi connectivity index (χ0n) is 12.6. The summed E-state index contributed by atoms with van der Waals surface area (Å²) in [5, 5.41) is 3.31. The third-order valence-electron chi connectivity index (χ3n) is 3.21. The first-order chi connectivity index (χ1) is 10.9. The van der Waals surface area contributed by atoms with Crippen molar-refractivity contribution in [1.29, 1.82) is 0 Å². The van der Waals surface area contributed by atoms with E-state index in [9.17, 15) is 9.59 Å². The topological polar surface area (TPSA) is 55.4 Å². The predicted octanol–water partition coefficient (Wildman–Crippen LogP) is 4.49. The third kappa shape index (κ3) is 4.47. The van der Waals surface area contributed by atoms with Gasteiger partial charge in [0.15, 0.2) is 6.10 Å². The molecule has 0 aliphatic carbocycles. The lowest BCUT2D eigenvalue weighted by Gasteiger charge is -2.14. The van der Waals surface area contributed by atoms with Crippen molar-refractivity contribution in [3.8, 4) is 0 Å². The average molecular weight is 352 g/mol. The van der Waals surface area contributed by atoms with Gasteiger partial charge in [-0.15, -0.1) is 0 Å². The number of amides is 1. The number of halogens is 2. The van der Waals surface area contributed by atoms with Crippen LogP contribution in [-0.2, 0) is 9.53 Å². The molecule has 0 aromatic heterocycles. The zero-order chi connectivity index (χ0) is 17.0. The monoisotopic (exact) mass is 351 g/mol. The fourth-order valence-corrected chi connectivity index (χ4v) is 2.15. The van der Waals surface area contributed by atoms with Gasteiger partial charge in [0.05, 0.1) is 15.6 Å². The van der Waals surface area contributed by atoms with E-state index in [-0.39, 0.29) is 10.6 Å². The fraction of sp³-hybridized carbons (Fsp3) is 0.176. The van der Waals surface area contributed by atoms with Crippen molar-refractivity contribution in [3.63, 3.8) is 0 Å². The Labute approximate surface area is 144 Å². The number of esters is 1. The second-order valence-electron chi connectivity index (χ2n) is 4.98. The molecule has 0 bridgehead atoms. The number of benzene rings is 2. The summed E-state index contributed by atoms with van der Waals surface area (Å²) >= 11 is 11.7. The molecule has 6 heteroatoms. The van der Waals surface area contributed by atoms with Gasteiger partial charge in [-0.05, 0) is 43.7 Å². The van der Waals surface area contributed by atoms with Gasteiger partial charge in [-0.1, -0.05) is 41.4 Å². The van der Waals surface area contributed by atoms with Crippen molar-refractivity contribution in [2.75, 3.05) is 5.32 Å². The van der Waals surface area contributed by atoms with Crippen LogP contribution in [0.2, 0.25) is 10.0 Å². The second kappa shape index (κ2) is 7.49. The van der Waals surface area contributed by atoms with Crippen LogP contribution in [0.15, 0.2) is 42.5 Å². The lowest BCUT2D eigenvalue weighted by atomic mass is 10.2. The molecule has 0 fully saturated rings. The summed E-state index contributed by atoms with van der Waals surface area (Å²) in [6.45, 7) is 3.38. The molecule has 23 heavy (non-hydrogen) atoms. The Hall–Kier alpha value is -2.04. The number of ether oxygens (including phenoxy) is 1. The average Bonchev–Trinajstić information content (AvgIpc) is 2.52. The van der Waals surface area contributed by atoms with Crippen LogP contribution < -0.4 is 5.32 Å². The molecule has 0 aliphatic heterocycles. The van der Waals surface area contributed by atoms with Gasteiger partial charge in [-0.2, -0.15) is 0 Å². The maximum absolute atomic E-state index is 12.1. The minimum atomic E-state index is -0.948. The molecule has 0 radical (unpaired) electrons. The van der Waals surface area contributed by atoms with Gasteiger partial charge >= 0.3 is 5.97 Å². The first-order valence-corrected chi connectivity index (χ1v) is 7.66. The minimum absolute atomic E-state index is 0.231. The summed E-state index contributed by atoms with van der Waals surface area (Å²) in [4.78, 5) is 24.2. The number of hydrogen-bond acceptors (Lipinski definition) is 3. The highest BCUT2D eigenvalue weighted by Crippen LogP contribution is 2.23. The van der Waals surface area contributed by atoms with Crippen molar-refractivity contribution in [2.24, 2.45) is 0 Å². The van der Waals surface area contributed by atoms with Gasteiger partial charge in [0, 0.05) is 5.69 Å². The molecule has 4 nitrogen and oxygen atoms in total. The van der Waals surface area contributed by atoms with Crippen molar-refractivity contribution in [3.05, 3.63) is 63.6 Å².